The van der Waals surface area contributed by atoms with Crippen LogP contribution in [0.1, 0.15) is 106 Å². The third kappa shape index (κ3) is 3.81. The zero-order chi connectivity index (χ0) is 29.7. The fourth-order valence-corrected chi connectivity index (χ4v) is 11.0. The number of carbonyl (C=O) groups is 4. The summed E-state index contributed by atoms with van der Waals surface area (Å²) in [5.41, 5.74) is 4.60. The molecule has 0 spiro atoms. The summed E-state index contributed by atoms with van der Waals surface area (Å²) < 4.78 is 5.29. The maximum atomic E-state index is 14.4. The highest BCUT2D eigenvalue weighted by Crippen LogP contribution is 2.75. The molecule has 0 saturated heterocycles. The summed E-state index contributed by atoms with van der Waals surface area (Å²) >= 11 is 0. The zero-order valence-electron chi connectivity index (χ0n) is 25.5. The summed E-state index contributed by atoms with van der Waals surface area (Å²) in [5, 5.41) is 10.1. The number of ketones is 1. The van der Waals surface area contributed by atoms with Crippen molar-refractivity contribution in [1.82, 2.24) is 0 Å². The third-order valence-electron chi connectivity index (χ3n) is 13.8. The van der Waals surface area contributed by atoms with E-state index in [2.05, 4.69) is 41.5 Å². The van der Waals surface area contributed by atoms with Gasteiger partial charge in [0.05, 0.1) is 11.3 Å². The van der Waals surface area contributed by atoms with Gasteiger partial charge in [0, 0.05) is 5.92 Å². The van der Waals surface area contributed by atoms with Crippen molar-refractivity contribution in [3.63, 3.8) is 0 Å². The maximum Gasteiger partial charge on any atom is 0.309 e. The van der Waals surface area contributed by atoms with Gasteiger partial charge in [-0.2, -0.15) is 0 Å². The predicted octanol–water partition coefficient (Wildman–Crippen LogP) is 5.70. The molecule has 4 saturated carbocycles. The fraction of sp³-hybridized carbons (Fsp3) is 0.818. The molecule has 4 fully saturated rings. The Morgan fingerprint density at radius 1 is 0.950 bits per heavy atom. The molecule has 0 heterocycles. The molecule has 0 bridgehead atoms. The highest BCUT2D eigenvalue weighted by molar-refractivity contribution is 5.96. The zero-order valence-corrected chi connectivity index (χ0v) is 25.5. The summed E-state index contributed by atoms with van der Waals surface area (Å²) in [6, 6.07) is 0. The first-order valence-corrected chi connectivity index (χ1v) is 15.3. The number of fused-ring (bicyclic) bond motifs is 7. The number of ether oxygens (including phenoxy) is 1. The van der Waals surface area contributed by atoms with Crippen LogP contribution in [-0.2, 0) is 23.9 Å². The summed E-state index contributed by atoms with van der Waals surface area (Å²) in [5.74, 6) is -1.81. The van der Waals surface area contributed by atoms with Crippen LogP contribution in [-0.4, -0.2) is 35.3 Å². The predicted molar refractivity (Wildman–Crippen MR) is 151 cm³/mol. The third-order valence-corrected chi connectivity index (χ3v) is 13.8. The van der Waals surface area contributed by atoms with Crippen molar-refractivity contribution in [1.29, 1.82) is 0 Å². The van der Waals surface area contributed by atoms with Crippen LogP contribution in [0.25, 0.3) is 0 Å². The molecule has 0 aromatic rings. The lowest BCUT2D eigenvalue weighted by molar-refractivity contribution is -0.199. The summed E-state index contributed by atoms with van der Waals surface area (Å²) in [6.07, 6.45) is 9.37. The molecule has 5 rings (SSSR count). The Bertz CT molecular complexity index is 1190. The minimum atomic E-state index is -0.765. The second-order valence-electron chi connectivity index (χ2n) is 16.0. The first-order valence-electron chi connectivity index (χ1n) is 15.3. The number of amides is 1. The Kier molecular flexibility index (Phi) is 6.53. The van der Waals surface area contributed by atoms with Crippen LogP contribution in [0.4, 0.5) is 0 Å². The normalized spacial score (nSPS) is 47.5. The monoisotopic (exact) mass is 555 g/mol. The number of rotatable bonds is 4. The molecule has 0 aliphatic heterocycles. The molecule has 7 heteroatoms. The number of hydrogen-bond donors (Lipinski definition) is 2. The topological polar surface area (TPSA) is 124 Å². The van der Waals surface area contributed by atoms with Gasteiger partial charge in [-0.1, -0.05) is 47.1 Å². The van der Waals surface area contributed by atoms with Gasteiger partial charge in [0.1, 0.15) is 0 Å². The van der Waals surface area contributed by atoms with Gasteiger partial charge in [0.2, 0.25) is 0 Å². The van der Waals surface area contributed by atoms with E-state index in [1.807, 2.05) is 13.0 Å². The van der Waals surface area contributed by atoms with E-state index >= 15 is 0 Å². The van der Waals surface area contributed by atoms with Crippen molar-refractivity contribution < 1.29 is 29.0 Å². The van der Waals surface area contributed by atoms with Crippen molar-refractivity contribution in [2.45, 2.75) is 106 Å². The van der Waals surface area contributed by atoms with Crippen LogP contribution in [0.2, 0.25) is 0 Å². The van der Waals surface area contributed by atoms with E-state index < -0.39 is 29.3 Å². The highest BCUT2D eigenvalue weighted by atomic mass is 16.5. The molecule has 5 aliphatic rings. The Balaban J connectivity index is 1.53. The van der Waals surface area contributed by atoms with Gasteiger partial charge < -0.3 is 15.6 Å². The number of nitrogens with two attached hydrogens (primary N) is 1. The van der Waals surface area contributed by atoms with E-state index in [1.54, 1.807) is 0 Å². The van der Waals surface area contributed by atoms with Crippen LogP contribution in [0.3, 0.4) is 0 Å². The molecule has 0 unspecified atom stereocenters. The number of hydrogen-bond acceptors (Lipinski definition) is 5. The lowest BCUT2D eigenvalue weighted by Gasteiger charge is -2.70. The highest BCUT2D eigenvalue weighted by Gasteiger charge is 2.70. The van der Waals surface area contributed by atoms with Gasteiger partial charge in [-0.05, 0) is 110 Å². The van der Waals surface area contributed by atoms with E-state index in [0.717, 1.165) is 38.5 Å². The number of aliphatic carboxylic acids is 1. The first kappa shape index (κ1) is 29.3. The molecule has 5 aliphatic carbocycles. The summed E-state index contributed by atoms with van der Waals surface area (Å²) in [4.78, 5) is 51.1. The lowest BCUT2D eigenvalue weighted by Crippen LogP contribution is -2.66. The Hall–Kier alpha value is -2.18. The number of allylic oxidation sites excluding steroid dienone is 2. The van der Waals surface area contributed by atoms with Gasteiger partial charge in [-0.3, -0.25) is 19.2 Å². The number of carboxylic acid groups (broad SMARTS) is 1. The molecule has 222 valence electrons. The minimum Gasteiger partial charge on any atom is -0.481 e. The molecular weight excluding hydrogens is 506 g/mol. The van der Waals surface area contributed by atoms with Crippen molar-refractivity contribution in [3.8, 4) is 0 Å². The van der Waals surface area contributed by atoms with E-state index in [4.69, 9.17) is 10.5 Å². The van der Waals surface area contributed by atoms with E-state index in [-0.39, 0.29) is 57.1 Å². The number of carbonyl (C=O) groups excluding carboxylic acids is 3. The van der Waals surface area contributed by atoms with E-state index in [9.17, 15) is 24.3 Å². The van der Waals surface area contributed by atoms with Crippen LogP contribution in [0, 0.1) is 56.2 Å². The van der Waals surface area contributed by atoms with Crippen LogP contribution < -0.4 is 5.73 Å². The molecule has 0 radical (unpaired) electrons. The molecule has 0 aromatic carbocycles. The second kappa shape index (κ2) is 8.91. The van der Waals surface area contributed by atoms with Crippen LogP contribution in [0.15, 0.2) is 11.6 Å². The van der Waals surface area contributed by atoms with Crippen molar-refractivity contribution in [2.75, 3.05) is 6.61 Å². The average molecular weight is 556 g/mol. The molecule has 1 amide bonds. The molecular formula is C33H49NO6. The summed E-state index contributed by atoms with van der Waals surface area (Å²) in [6.45, 7) is 15.0. The van der Waals surface area contributed by atoms with Gasteiger partial charge in [-0.15, -0.1) is 0 Å². The van der Waals surface area contributed by atoms with E-state index in [0.29, 0.717) is 19.3 Å². The van der Waals surface area contributed by atoms with Gasteiger partial charge in [0.15, 0.2) is 12.4 Å². The van der Waals surface area contributed by atoms with E-state index in [1.165, 1.54) is 5.57 Å². The fourth-order valence-electron chi connectivity index (χ4n) is 11.0. The number of primary amides is 1. The Morgan fingerprint density at radius 3 is 2.23 bits per heavy atom. The van der Waals surface area contributed by atoms with Crippen molar-refractivity contribution in [3.05, 3.63) is 11.6 Å². The number of carboxylic acids is 1. The van der Waals surface area contributed by atoms with Crippen LogP contribution >= 0.6 is 0 Å². The summed E-state index contributed by atoms with van der Waals surface area (Å²) in [7, 11) is 0. The largest absolute Gasteiger partial charge is 0.481 e. The van der Waals surface area contributed by atoms with Crippen molar-refractivity contribution in [2.24, 2.45) is 61.9 Å². The standard InChI is InChI=1S/C33H49NO6/c1-28(2)19(26(37)40-18-24(34)36)8-10-31(5)23(28)9-11-33(7)25(31)22(35)16-20-21-17-30(4,27(38)39)13-12-29(21,3)14-15-32(20,33)6/h16,19,21,23,25H,8-15,17-18H2,1-7H3,(H2,34,36)(H,38,39)/t19-,21+,23+,25-,29-,30+,31+,32-,33-/m1/s1. The average Bonchev–Trinajstić information content (AvgIpc) is 2.84. The Morgan fingerprint density at radius 2 is 1.60 bits per heavy atom. The van der Waals surface area contributed by atoms with Crippen LogP contribution in [0.5, 0.6) is 0 Å². The first-order chi connectivity index (χ1) is 18.4. The van der Waals surface area contributed by atoms with Gasteiger partial charge in [0.25, 0.3) is 5.91 Å². The maximum absolute atomic E-state index is 14.4. The quantitative estimate of drug-likeness (QED) is 0.429. The molecule has 0 aromatic heterocycles. The SMILES string of the molecule is CC1(C)[C@@H](C(=O)OCC(N)=O)CC[C@]2(C)[C@H]3C(=O)C=C4[C@@H]5C[C@@](C)(C(=O)O)CC[C@]5(C)CC[C@@]4(C)[C@]3(C)CC[C@@H]12. The molecule has 40 heavy (non-hydrogen) atoms. The molecule has 3 N–H and O–H groups in total. The second-order valence-corrected chi connectivity index (χ2v) is 16.0. The van der Waals surface area contributed by atoms with Gasteiger partial charge in [-0.25, -0.2) is 0 Å². The molecule has 7 nitrogen and oxygen atoms in total. The van der Waals surface area contributed by atoms with Gasteiger partial charge >= 0.3 is 11.9 Å². The molecule has 9 atom stereocenters. The lowest BCUT2D eigenvalue weighted by atomic mass is 9.33. The minimum absolute atomic E-state index is 0.0240. The Labute approximate surface area is 239 Å². The number of esters is 1. The van der Waals surface area contributed by atoms with Crippen molar-refractivity contribution >= 4 is 23.6 Å². The smallest absolute Gasteiger partial charge is 0.309 e.